The minimum absolute atomic E-state index is 0.167. The molecule has 1 aromatic carbocycles. The number of ether oxygens (including phenoxy) is 2. The molecule has 0 bridgehead atoms. The zero-order valence-corrected chi connectivity index (χ0v) is 12.2. The van der Waals surface area contributed by atoms with Crippen LogP contribution in [0.2, 0.25) is 0 Å². The molecule has 114 valence electrons. The maximum absolute atomic E-state index is 12.0. The quantitative estimate of drug-likeness (QED) is 0.914. The van der Waals surface area contributed by atoms with Crippen LogP contribution in [0.3, 0.4) is 0 Å². The van der Waals surface area contributed by atoms with E-state index in [0.717, 1.165) is 11.3 Å². The number of urea groups is 1. The summed E-state index contributed by atoms with van der Waals surface area (Å²) in [7, 11) is 0. The van der Waals surface area contributed by atoms with Gasteiger partial charge in [-0.1, -0.05) is 12.1 Å². The van der Waals surface area contributed by atoms with Crippen LogP contribution in [0.1, 0.15) is 18.5 Å². The smallest absolute Gasteiger partial charge is 0.320 e. The topological polar surface area (TPSA) is 72.5 Å². The molecule has 0 radical (unpaired) electrons. The number of pyridine rings is 1. The molecule has 1 atom stereocenters. The van der Waals surface area contributed by atoms with Crippen LogP contribution in [0.15, 0.2) is 42.6 Å². The second kappa shape index (κ2) is 6.34. The van der Waals surface area contributed by atoms with E-state index in [1.807, 2.05) is 31.2 Å². The van der Waals surface area contributed by atoms with E-state index < -0.39 is 0 Å². The van der Waals surface area contributed by atoms with Crippen molar-refractivity contribution >= 4 is 11.8 Å². The van der Waals surface area contributed by atoms with Gasteiger partial charge in [-0.25, -0.2) is 9.78 Å². The minimum Gasteiger partial charge on any atom is -0.486 e. The number of rotatable bonds is 3. The summed E-state index contributed by atoms with van der Waals surface area (Å²) in [5.74, 6) is 1.96. The first-order valence-corrected chi connectivity index (χ1v) is 7.10. The SMILES string of the molecule is C[C@@H](NC(=O)Nc1ccccn1)c1ccc2c(c1)OCCO2. The van der Waals surface area contributed by atoms with Gasteiger partial charge in [-0.3, -0.25) is 5.32 Å². The highest BCUT2D eigenvalue weighted by molar-refractivity contribution is 5.88. The number of carbonyl (C=O) groups is 1. The third kappa shape index (κ3) is 3.28. The molecule has 0 saturated carbocycles. The zero-order valence-electron chi connectivity index (χ0n) is 12.2. The highest BCUT2D eigenvalue weighted by atomic mass is 16.6. The van der Waals surface area contributed by atoms with E-state index >= 15 is 0 Å². The molecule has 2 amide bonds. The molecule has 2 heterocycles. The van der Waals surface area contributed by atoms with Crippen LogP contribution in [0.5, 0.6) is 11.5 Å². The highest BCUT2D eigenvalue weighted by Gasteiger charge is 2.15. The summed E-state index contributed by atoms with van der Waals surface area (Å²) in [5, 5.41) is 5.55. The van der Waals surface area contributed by atoms with Crippen molar-refractivity contribution in [2.24, 2.45) is 0 Å². The minimum atomic E-state index is -0.305. The van der Waals surface area contributed by atoms with Crippen molar-refractivity contribution < 1.29 is 14.3 Å². The standard InChI is InChI=1S/C16H17N3O3/c1-11(18-16(20)19-15-4-2-3-7-17-15)12-5-6-13-14(10-12)22-9-8-21-13/h2-7,10-11H,8-9H2,1H3,(H2,17,18,19,20)/t11-/m1/s1. The number of amides is 2. The Morgan fingerprint density at radius 3 is 2.77 bits per heavy atom. The average Bonchev–Trinajstić information content (AvgIpc) is 2.55. The molecule has 0 aliphatic carbocycles. The number of nitrogens with zero attached hydrogens (tertiary/aromatic N) is 1. The third-order valence-corrected chi connectivity index (χ3v) is 3.32. The first-order valence-electron chi connectivity index (χ1n) is 7.10. The van der Waals surface area contributed by atoms with Gasteiger partial charge in [0, 0.05) is 6.20 Å². The van der Waals surface area contributed by atoms with Crippen LogP contribution in [0.25, 0.3) is 0 Å². The number of aromatic nitrogens is 1. The molecule has 0 fully saturated rings. The van der Waals surface area contributed by atoms with Crippen molar-refractivity contribution in [3.8, 4) is 11.5 Å². The summed E-state index contributed by atoms with van der Waals surface area (Å²) < 4.78 is 11.0. The second-order valence-electron chi connectivity index (χ2n) is 4.94. The number of anilines is 1. The van der Waals surface area contributed by atoms with Gasteiger partial charge in [-0.2, -0.15) is 0 Å². The van der Waals surface area contributed by atoms with Gasteiger partial charge in [-0.05, 0) is 36.8 Å². The maximum Gasteiger partial charge on any atom is 0.320 e. The number of nitrogens with one attached hydrogen (secondary N) is 2. The molecule has 6 nitrogen and oxygen atoms in total. The number of hydrogen-bond donors (Lipinski definition) is 2. The fourth-order valence-corrected chi connectivity index (χ4v) is 2.20. The van der Waals surface area contributed by atoms with Gasteiger partial charge >= 0.3 is 6.03 Å². The Kier molecular flexibility index (Phi) is 4.09. The molecule has 2 aromatic rings. The van der Waals surface area contributed by atoms with Crippen LogP contribution in [0.4, 0.5) is 10.6 Å². The zero-order chi connectivity index (χ0) is 15.4. The molecule has 2 N–H and O–H groups in total. The number of hydrogen-bond acceptors (Lipinski definition) is 4. The van der Waals surface area contributed by atoms with E-state index in [1.165, 1.54) is 0 Å². The third-order valence-electron chi connectivity index (χ3n) is 3.32. The Morgan fingerprint density at radius 2 is 2.00 bits per heavy atom. The predicted molar refractivity (Wildman–Crippen MR) is 82.2 cm³/mol. The van der Waals surface area contributed by atoms with Crippen LogP contribution in [-0.4, -0.2) is 24.2 Å². The summed E-state index contributed by atoms with van der Waals surface area (Å²) in [5.41, 5.74) is 0.945. The van der Waals surface area contributed by atoms with Crippen LogP contribution < -0.4 is 20.1 Å². The van der Waals surface area contributed by atoms with Crippen molar-refractivity contribution in [1.82, 2.24) is 10.3 Å². The van der Waals surface area contributed by atoms with Crippen LogP contribution >= 0.6 is 0 Å². The molecule has 0 unspecified atom stereocenters. The lowest BCUT2D eigenvalue weighted by Gasteiger charge is -2.21. The Balaban J connectivity index is 1.64. The Hall–Kier alpha value is -2.76. The molecule has 6 heteroatoms. The molecular weight excluding hydrogens is 282 g/mol. The maximum atomic E-state index is 12.0. The molecule has 22 heavy (non-hydrogen) atoms. The van der Waals surface area contributed by atoms with Gasteiger partial charge in [0.1, 0.15) is 19.0 Å². The van der Waals surface area contributed by atoms with E-state index in [4.69, 9.17) is 9.47 Å². The monoisotopic (exact) mass is 299 g/mol. The second-order valence-corrected chi connectivity index (χ2v) is 4.94. The fraction of sp³-hybridized carbons (Fsp3) is 0.250. The van der Waals surface area contributed by atoms with E-state index in [1.54, 1.807) is 18.3 Å². The molecular formula is C16H17N3O3. The summed E-state index contributed by atoms with van der Waals surface area (Å²) in [6.45, 7) is 3.01. The van der Waals surface area contributed by atoms with Crippen molar-refractivity contribution in [3.05, 3.63) is 48.2 Å². The summed E-state index contributed by atoms with van der Waals surface area (Å²) in [6, 6.07) is 10.5. The molecule has 3 rings (SSSR count). The van der Waals surface area contributed by atoms with Crippen molar-refractivity contribution in [2.45, 2.75) is 13.0 Å². The number of fused-ring (bicyclic) bond motifs is 1. The predicted octanol–water partition coefficient (Wildman–Crippen LogP) is 2.74. The lowest BCUT2D eigenvalue weighted by atomic mass is 10.1. The Bertz CT molecular complexity index is 661. The van der Waals surface area contributed by atoms with Gasteiger partial charge in [0.2, 0.25) is 0 Å². The number of benzene rings is 1. The summed E-state index contributed by atoms with van der Waals surface area (Å²) >= 11 is 0. The largest absolute Gasteiger partial charge is 0.486 e. The van der Waals surface area contributed by atoms with Crippen molar-refractivity contribution in [3.63, 3.8) is 0 Å². The first kappa shape index (κ1) is 14.2. The number of carbonyl (C=O) groups excluding carboxylic acids is 1. The van der Waals surface area contributed by atoms with Crippen molar-refractivity contribution in [2.75, 3.05) is 18.5 Å². The Morgan fingerprint density at radius 1 is 1.18 bits per heavy atom. The van der Waals surface area contributed by atoms with Crippen molar-refractivity contribution in [1.29, 1.82) is 0 Å². The molecule has 0 spiro atoms. The van der Waals surface area contributed by atoms with E-state index in [0.29, 0.717) is 24.8 Å². The van der Waals surface area contributed by atoms with E-state index in [-0.39, 0.29) is 12.1 Å². The normalized spacial score (nSPS) is 14.0. The van der Waals surface area contributed by atoms with Gasteiger partial charge in [0.05, 0.1) is 6.04 Å². The molecule has 1 aromatic heterocycles. The van der Waals surface area contributed by atoms with Crippen LogP contribution in [-0.2, 0) is 0 Å². The van der Waals surface area contributed by atoms with Crippen LogP contribution in [0, 0.1) is 0 Å². The van der Waals surface area contributed by atoms with Gasteiger partial charge in [0.15, 0.2) is 11.5 Å². The Labute approximate surface area is 128 Å². The average molecular weight is 299 g/mol. The van der Waals surface area contributed by atoms with Gasteiger partial charge in [0.25, 0.3) is 0 Å². The van der Waals surface area contributed by atoms with Gasteiger partial charge in [-0.15, -0.1) is 0 Å². The summed E-state index contributed by atoms with van der Waals surface area (Å²) in [4.78, 5) is 16.0. The molecule has 0 saturated heterocycles. The fourth-order valence-electron chi connectivity index (χ4n) is 2.20. The molecule has 1 aliphatic rings. The van der Waals surface area contributed by atoms with E-state index in [2.05, 4.69) is 15.6 Å². The first-order chi connectivity index (χ1) is 10.7. The molecule has 1 aliphatic heterocycles. The lowest BCUT2D eigenvalue weighted by Crippen LogP contribution is -2.31. The highest BCUT2D eigenvalue weighted by Crippen LogP contribution is 2.32. The van der Waals surface area contributed by atoms with E-state index in [9.17, 15) is 4.79 Å². The summed E-state index contributed by atoms with van der Waals surface area (Å²) in [6.07, 6.45) is 1.62. The lowest BCUT2D eigenvalue weighted by molar-refractivity contribution is 0.171. The van der Waals surface area contributed by atoms with Gasteiger partial charge < -0.3 is 14.8 Å².